The number of methoxy groups -OCH3 is 2. The minimum absolute atomic E-state index is 0.323. The Labute approximate surface area is 173 Å². The quantitative estimate of drug-likeness (QED) is 0.420. The van der Waals surface area contributed by atoms with Crippen molar-refractivity contribution >= 4 is 22.5 Å². The molecule has 0 spiro atoms. The van der Waals surface area contributed by atoms with E-state index in [4.69, 9.17) is 25.8 Å². The fourth-order valence-corrected chi connectivity index (χ4v) is 3.26. The van der Waals surface area contributed by atoms with E-state index < -0.39 is 0 Å². The van der Waals surface area contributed by atoms with E-state index in [1.165, 1.54) is 0 Å². The van der Waals surface area contributed by atoms with Crippen LogP contribution in [0.3, 0.4) is 0 Å². The molecule has 5 nitrogen and oxygen atoms in total. The second kappa shape index (κ2) is 8.37. The SMILES string of the molecule is COc1ccc(COc2nc(-c3ccccc3Cl)nc3ccccc23)cc1OC. The summed E-state index contributed by atoms with van der Waals surface area (Å²) in [6, 6.07) is 20.9. The number of ether oxygens (including phenoxy) is 3. The van der Waals surface area contributed by atoms with Gasteiger partial charge in [0.1, 0.15) is 6.61 Å². The molecule has 4 rings (SSSR count). The van der Waals surface area contributed by atoms with E-state index in [0.29, 0.717) is 34.8 Å². The number of rotatable bonds is 6. The molecule has 0 aliphatic carbocycles. The van der Waals surface area contributed by atoms with Gasteiger partial charge in [-0.15, -0.1) is 0 Å². The highest BCUT2D eigenvalue weighted by Crippen LogP contribution is 2.31. The van der Waals surface area contributed by atoms with E-state index in [1.54, 1.807) is 14.2 Å². The Balaban J connectivity index is 1.71. The van der Waals surface area contributed by atoms with Crippen LogP contribution in [0.25, 0.3) is 22.3 Å². The summed E-state index contributed by atoms with van der Waals surface area (Å²) in [5.41, 5.74) is 2.49. The maximum Gasteiger partial charge on any atom is 0.225 e. The smallest absolute Gasteiger partial charge is 0.225 e. The van der Waals surface area contributed by atoms with E-state index in [-0.39, 0.29) is 0 Å². The number of aromatic nitrogens is 2. The van der Waals surface area contributed by atoms with Gasteiger partial charge in [0.05, 0.1) is 30.1 Å². The molecule has 1 aromatic heterocycles. The fourth-order valence-electron chi connectivity index (χ4n) is 3.04. The van der Waals surface area contributed by atoms with E-state index in [1.807, 2.05) is 66.7 Å². The standard InChI is InChI=1S/C23H19ClN2O3/c1-27-20-12-11-15(13-21(20)28-2)14-29-23-17-8-4-6-10-19(17)25-22(26-23)16-7-3-5-9-18(16)24/h3-13H,14H2,1-2H3. The molecule has 0 aliphatic heterocycles. The van der Waals surface area contributed by atoms with Crippen molar-refractivity contribution in [3.05, 3.63) is 77.3 Å². The van der Waals surface area contributed by atoms with Crippen molar-refractivity contribution in [1.29, 1.82) is 0 Å². The minimum Gasteiger partial charge on any atom is -0.493 e. The van der Waals surface area contributed by atoms with Gasteiger partial charge in [-0.25, -0.2) is 4.98 Å². The lowest BCUT2D eigenvalue weighted by Crippen LogP contribution is -2.02. The van der Waals surface area contributed by atoms with Crippen molar-refractivity contribution in [2.24, 2.45) is 0 Å². The number of hydrogen-bond acceptors (Lipinski definition) is 5. The molecule has 0 atom stereocenters. The lowest BCUT2D eigenvalue weighted by atomic mass is 10.2. The molecule has 0 fully saturated rings. The molecule has 0 N–H and O–H groups in total. The summed E-state index contributed by atoms with van der Waals surface area (Å²) in [7, 11) is 3.22. The lowest BCUT2D eigenvalue weighted by molar-refractivity contribution is 0.296. The van der Waals surface area contributed by atoms with Gasteiger partial charge >= 0.3 is 0 Å². The largest absolute Gasteiger partial charge is 0.493 e. The van der Waals surface area contributed by atoms with Crippen LogP contribution in [0, 0.1) is 0 Å². The van der Waals surface area contributed by atoms with Crippen molar-refractivity contribution in [3.8, 4) is 28.8 Å². The molecule has 0 aliphatic rings. The van der Waals surface area contributed by atoms with Crippen molar-refractivity contribution in [2.75, 3.05) is 14.2 Å². The summed E-state index contributed by atoms with van der Waals surface area (Å²) in [5.74, 6) is 2.35. The number of hydrogen-bond donors (Lipinski definition) is 0. The zero-order chi connectivity index (χ0) is 20.2. The van der Waals surface area contributed by atoms with E-state index in [9.17, 15) is 0 Å². The van der Waals surface area contributed by atoms with Crippen LogP contribution in [0.5, 0.6) is 17.4 Å². The van der Waals surface area contributed by atoms with Crippen LogP contribution in [0.4, 0.5) is 0 Å². The molecular weight excluding hydrogens is 388 g/mol. The molecule has 29 heavy (non-hydrogen) atoms. The Bertz CT molecular complexity index is 1160. The third-order valence-electron chi connectivity index (χ3n) is 4.51. The van der Waals surface area contributed by atoms with Crippen molar-refractivity contribution in [3.63, 3.8) is 0 Å². The van der Waals surface area contributed by atoms with Crippen LogP contribution in [-0.4, -0.2) is 24.2 Å². The zero-order valence-electron chi connectivity index (χ0n) is 16.1. The normalized spacial score (nSPS) is 10.7. The number of benzene rings is 3. The summed E-state index contributed by atoms with van der Waals surface area (Å²) in [5, 5.41) is 1.43. The van der Waals surface area contributed by atoms with Crippen molar-refractivity contribution < 1.29 is 14.2 Å². The highest BCUT2D eigenvalue weighted by molar-refractivity contribution is 6.33. The van der Waals surface area contributed by atoms with Gasteiger partial charge in [0, 0.05) is 5.56 Å². The Hall–Kier alpha value is -3.31. The van der Waals surface area contributed by atoms with E-state index >= 15 is 0 Å². The molecule has 6 heteroatoms. The fraction of sp³-hybridized carbons (Fsp3) is 0.130. The first kappa shape index (κ1) is 19.0. The second-order valence-electron chi connectivity index (χ2n) is 6.33. The number of fused-ring (bicyclic) bond motifs is 1. The van der Waals surface area contributed by atoms with Gasteiger partial charge in [-0.3, -0.25) is 0 Å². The number of para-hydroxylation sites is 1. The lowest BCUT2D eigenvalue weighted by Gasteiger charge is -2.12. The molecule has 0 bridgehead atoms. The average Bonchev–Trinajstić information content (AvgIpc) is 2.77. The van der Waals surface area contributed by atoms with Gasteiger partial charge in [-0.2, -0.15) is 4.98 Å². The van der Waals surface area contributed by atoms with Gasteiger partial charge in [-0.05, 0) is 42.0 Å². The maximum atomic E-state index is 6.35. The summed E-state index contributed by atoms with van der Waals surface area (Å²) >= 11 is 6.35. The van der Waals surface area contributed by atoms with Crippen LogP contribution >= 0.6 is 11.6 Å². The number of nitrogens with zero attached hydrogens (tertiary/aromatic N) is 2. The Kier molecular flexibility index (Phi) is 5.49. The zero-order valence-corrected chi connectivity index (χ0v) is 16.8. The maximum absolute atomic E-state index is 6.35. The average molecular weight is 407 g/mol. The Morgan fingerprint density at radius 2 is 1.59 bits per heavy atom. The monoisotopic (exact) mass is 406 g/mol. The molecule has 146 valence electrons. The molecular formula is C23H19ClN2O3. The molecule has 4 aromatic rings. The van der Waals surface area contributed by atoms with Crippen molar-refractivity contribution in [2.45, 2.75) is 6.61 Å². The van der Waals surface area contributed by atoms with Gasteiger partial charge in [0.15, 0.2) is 17.3 Å². The minimum atomic E-state index is 0.323. The van der Waals surface area contributed by atoms with Gasteiger partial charge in [-0.1, -0.05) is 41.9 Å². The van der Waals surface area contributed by atoms with Gasteiger partial charge in [0.2, 0.25) is 5.88 Å². The van der Waals surface area contributed by atoms with Crippen LogP contribution in [0.2, 0.25) is 5.02 Å². The first-order chi connectivity index (χ1) is 14.2. The van der Waals surface area contributed by atoms with Crippen LogP contribution in [0.1, 0.15) is 5.56 Å². The summed E-state index contributed by atoms with van der Waals surface area (Å²) < 4.78 is 16.7. The third-order valence-corrected chi connectivity index (χ3v) is 4.84. The van der Waals surface area contributed by atoms with Crippen LogP contribution in [0.15, 0.2) is 66.7 Å². The molecule has 0 amide bonds. The highest BCUT2D eigenvalue weighted by atomic mass is 35.5. The number of halogens is 1. The Morgan fingerprint density at radius 1 is 0.828 bits per heavy atom. The predicted molar refractivity (Wildman–Crippen MR) is 114 cm³/mol. The molecule has 0 saturated heterocycles. The molecule has 0 radical (unpaired) electrons. The van der Waals surface area contributed by atoms with Gasteiger partial charge < -0.3 is 14.2 Å². The molecule has 0 unspecified atom stereocenters. The summed E-state index contributed by atoms with van der Waals surface area (Å²) in [4.78, 5) is 9.31. The van der Waals surface area contributed by atoms with Crippen LogP contribution in [-0.2, 0) is 6.61 Å². The molecule has 1 heterocycles. The molecule has 3 aromatic carbocycles. The Morgan fingerprint density at radius 3 is 2.38 bits per heavy atom. The molecule has 0 saturated carbocycles. The topological polar surface area (TPSA) is 53.5 Å². The van der Waals surface area contributed by atoms with E-state index in [0.717, 1.165) is 22.0 Å². The van der Waals surface area contributed by atoms with E-state index in [2.05, 4.69) is 9.97 Å². The van der Waals surface area contributed by atoms with Crippen molar-refractivity contribution in [1.82, 2.24) is 9.97 Å². The second-order valence-corrected chi connectivity index (χ2v) is 6.73. The third kappa shape index (κ3) is 3.96. The summed E-state index contributed by atoms with van der Waals surface area (Å²) in [6.07, 6.45) is 0. The van der Waals surface area contributed by atoms with Crippen LogP contribution < -0.4 is 14.2 Å². The highest BCUT2D eigenvalue weighted by Gasteiger charge is 2.13. The summed E-state index contributed by atoms with van der Waals surface area (Å²) in [6.45, 7) is 0.323. The first-order valence-corrected chi connectivity index (χ1v) is 9.43. The predicted octanol–water partition coefficient (Wildman–Crippen LogP) is 5.55. The first-order valence-electron chi connectivity index (χ1n) is 9.05. The van der Waals surface area contributed by atoms with Gasteiger partial charge in [0.25, 0.3) is 0 Å².